The Kier molecular flexibility index (Phi) is 6.76. The molecule has 0 spiro atoms. The van der Waals surface area contributed by atoms with E-state index >= 15 is 0 Å². The van der Waals surface area contributed by atoms with E-state index in [4.69, 9.17) is 0 Å². The second-order valence-electron chi connectivity index (χ2n) is 7.23. The molecule has 0 radical (unpaired) electrons. The molecular weight excluding hydrogens is 427 g/mol. The number of carboxylic acid groups (broad SMARTS) is 1. The van der Waals surface area contributed by atoms with Crippen LogP contribution in [0.1, 0.15) is 10.4 Å². The van der Waals surface area contributed by atoms with Gasteiger partial charge in [0, 0.05) is 37.6 Å². The Hall–Kier alpha value is -3.18. The largest absolute Gasteiger partial charge is 0.478 e. The molecule has 166 valence electrons. The fourth-order valence-electron chi connectivity index (χ4n) is 3.34. The molecule has 0 atom stereocenters. The van der Waals surface area contributed by atoms with Gasteiger partial charge in [-0.1, -0.05) is 0 Å². The monoisotopic (exact) mass is 450 g/mol. The number of sulfonamides is 1. The first-order chi connectivity index (χ1) is 14.6. The Morgan fingerprint density at radius 2 is 1.65 bits per heavy atom. The van der Waals surface area contributed by atoms with Crippen molar-refractivity contribution >= 4 is 39.0 Å². The highest BCUT2D eigenvalue weighted by molar-refractivity contribution is 7.92. The van der Waals surface area contributed by atoms with Crippen molar-refractivity contribution in [2.75, 3.05) is 53.9 Å². The molecule has 11 heteroatoms. The van der Waals surface area contributed by atoms with E-state index in [0.717, 1.165) is 6.26 Å². The van der Waals surface area contributed by atoms with Gasteiger partial charge in [-0.15, -0.1) is 0 Å². The van der Waals surface area contributed by atoms with Gasteiger partial charge < -0.3 is 15.3 Å². The maximum Gasteiger partial charge on any atom is 0.337 e. The number of hydrogen-bond donors (Lipinski definition) is 3. The summed E-state index contributed by atoms with van der Waals surface area (Å²) >= 11 is 0. The van der Waals surface area contributed by atoms with E-state index in [2.05, 4.69) is 10.0 Å². The van der Waals surface area contributed by atoms with E-state index in [1.807, 2.05) is 9.80 Å². The van der Waals surface area contributed by atoms with E-state index < -0.39 is 16.0 Å². The summed E-state index contributed by atoms with van der Waals surface area (Å²) in [6.07, 6.45) is 0.993. The second-order valence-corrected chi connectivity index (χ2v) is 8.98. The van der Waals surface area contributed by atoms with Gasteiger partial charge in [0.05, 0.1) is 24.1 Å². The molecule has 2 aromatic rings. The van der Waals surface area contributed by atoms with Crippen LogP contribution < -0.4 is 14.9 Å². The third kappa shape index (κ3) is 6.40. The summed E-state index contributed by atoms with van der Waals surface area (Å²) in [7, 11) is -3.52. The molecule has 1 saturated heterocycles. The number of piperazine rings is 1. The van der Waals surface area contributed by atoms with Crippen LogP contribution in [0.15, 0.2) is 42.5 Å². The third-order valence-electron chi connectivity index (χ3n) is 4.74. The molecule has 0 unspecified atom stereocenters. The van der Waals surface area contributed by atoms with Crippen molar-refractivity contribution in [3.05, 3.63) is 53.8 Å². The Balaban J connectivity index is 1.60. The van der Waals surface area contributed by atoms with Gasteiger partial charge in [0.15, 0.2) is 0 Å². The molecule has 3 rings (SSSR count). The van der Waals surface area contributed by atoms with E-state index in [1.165, 1.54) is 36.4 Å². The molecule has 3 N–H and O–H groups in total. The predicted molar refractivity (Wildman–Crippen MR) is 116 cm³/mol. The van der Waals surface area contributed by atoms with Crippen molar-refractivity contribution < 1.29 is 27.5 Å². The van der Waals surface area contributed by atoms with Gasteiger partial charge in [0.2, 0.25) is 15.9 Å². The molecule has 1 heterocycles. The number of nitrogens with zero attached hydrogens (tertiary/aromatic N) is 2. The average molecular weight is 450 g/mol. The van der Waals surface area contributed by atoms with Gasteiger partial charge >= 0.3 is 5.97 Å². The van der Waals surface area contributed by atoms with Crippen molar-refractivity contribution in [3.63, 3.8) is 0 Å². The number of carboxylic acids is 1. The minimum atomic E-state index is -3.52. The summed E-state index contributed by atoms with van der Waals surface area (Å²) in [6.45, 7) is 2.25. The lowest BCUT2D eigenvalue weighted by atomic mass is 10.1. The predicted octanol–water partition coefficient (Wildman–Crippen LogP) is 1.66. The fraction of sp³-hybridized carbons (Fsp3) is 0.300. The third-order valence-corrected chi connectivity index (χ3v) is 5.34. The van der Waals surface area contributed by atoms with Crippen LogP contribution >= 0.6 is 0 Å². The first kappa shape index (κ1) is 22.5. The lowest BCUT2D eigenvalue weighted by Crippen LogP contribution is -2.49. The topological polar surface area (TPSA) is 119 Å². The lowest BCUT2D eigenvalue weighted by molar-refractivity contribution is -0.117. The summed E-state index contributed by atoms with van der Waals surface area (Å²) < 4.78 is 38.0. The average Bonchev–Trinajstić information content (AvgIpc) is 2.69. The normalized spacial score (nSPS) is 14.8. The van der Waals surface area contributed by atoms with E-state index in [-0.39, 0.29) is 29.5 Å². The van der Waals surface area contributed by atoms with E-state index in [1.54, 1.807) is 6.07 Å². The SMILES string of the molecule is CS(=O)(=O)Nc1ccc(N2CCN(CC(=O)Nc3ccc(F)cc3)CC2)c(C(=O)O)c1. The van der Waals surface area contributed by atoms with Crippen LogP contribution in [-0.4, -0.2) is 69.3 Å². The Morgan fingerprint density at radius 1 is 1.03 bits per heavy atom. The first-order valence-corrected chi connectivity index (χ1v) is 11.4. The van der Waals surface area contributed by atoms with Crippen molar-refractivity contribution in [1.29, 1.82) is 0 Å². The van der Waals surface area contributed by atoms with Crippen LogP contribution in [0.3, 0.4) is 0 Å². The van der Waals surface area contributed by atoms with Gasteiger partial charge in [-0.3, -0.25) is 14.4 Å². The van der Waals surface area contributed by atoms with E-state index in [0.29, 0.717) is 37.6 Å². The minimum Gasteiger partial charge on any atom is -0.478 e. The molecule has 31 heavy (non-hydrogen) atoms. The number of halogens is 1. The molecule has 1 fully saturated rings. The molecule has 2 aromatic carbocycles. The number of benzene rings is 2. The number of rotatable bonds is 7. The quantitative estimate of drug-likeness (QED) is 0.587. The van der Waals surface area contributed by atoms with Crippen LogP contribution in [0, 0.1) is 5.82 Å². The number of nitrogens with one attached hydrogen (secondary N) is 2. The van der Waals surface area contributed by atoms with Crippen LogP contribution in [0.5, 0.6) is 0 Å². The van der Waals surface area contributed by atoms with E-state index in [9.17, 15) is 27.5 Å². The highest BCUT2D eigenvalue weighted by atomic mass is 32.2. The molecule has 0 aliphatic carbocycles. The fourth-order valence-corrected chi connectivity index (χ4v) is 3.90. The smallest absolute Gasteiger partial charge is 0.337 e. The van der Waals surface area contributed by atoms with Gasteiger partial charge in [-0.05, 0) is 42.5 Å². The first-order valence-electron chi connectivity index (χ1n) is 9.48. The summed E-state index contributed by atoms with van der Waals surface area (Å²) in [5.74, 6) is -1.76. The Morgan fingerprint density at radius 3 is 2.23 bits per heavy atom. The van der Waals surface area contributed by atoms with Gasteiger partial charge in [0.1, 0.15) is 5.82 Å². The molecule has 9 nitrogen and oxygen atoms in total. The van der Waals surface area contributed by atoms with Crippen molar-refractivity contribution in [3.8, 4) is 0 Å². The Labute approximate surface area is 179 Å². The van der Waals surface area contributed by atoms with Crippen molar-refractivity contribution in [2.45, 2.75) is 0 Å². The number of aromatic carboxylic acids is 1. The summed E-state index contributed by atoms with van der Waals surface area (Å²) in [5, 5.41) is 12.3. The molecule has 0 bridgehead atoms. The highest BCUT2D eigenvalue weighted by Gasteiger charge is 2.23. The zero-order valence-corrected chi connectivity index (χ0v) is 17.7. The minimum absolute atomic E-state index is 0.00356. The highest BCUT2D eigenvalue weighted by Crippen LogP contribution is 2.26. The molecule has 0 saturated carbocycles. The number of carbonyl (C=O) groups is 2. The summed E-state index contributed by atoms with van der Waals surface area (Å²) in [5.41, 5.74) is 1.18. The molecular formula is C20H23FN4O5S. The molecule has 0 aromatic heterocycles. The van der Waals surface area contributed by atoms with Gasteiger partial charge in [-0.2, -0.15) is 0 Å². The van der Waals surface area contributed by atoms with Gasteiger partial charge in [0.25, 0.3) is 0 Å². The zero-order valence-electron chi connectivity index (χ0n) is 16.8. The number of carbonyl (C=O) groups excluding carboxylic acids is 1. The number of anilines is 3. The maximum atomic E-state index is 13.0. The standard InChI is InChI=1S/C20H23FN4O5S/c1-31(29,30)23-16-6-7-18(17(12-16)20(27)28)25-10-8-24(9-11-25)13-19(26)22-15-4-2-14(21)3-5-15/h2-7,12,23H,8-11,13H2,1H3,(H,22,26)(H,27,28). The van der Waals surface area contributed by atoms with Crippen molar-refractivity contribution in [1.82, 2.24) is 4.90 Å². The van der Waals surface area contributed by atoms with Gasteiger partial charge in [-0.25, -0.2) is 17.6 Å². The summed E-state index contributed by atoms with van der Waals surface area (Å²) in [6, 6.07) is 9.90. The van der Waals surface area contributed by atoms with Crippen LogP contribution in [0.2, 0.25) is 0 Å². The second kappa shape index (κ2) is 9.31. The maximum absolute atomic E-state index is 13.0. The molecule has 1 amide bonds. The molecule has 1 aliphatic rings. The molecule has 1 aliphatic heterocycles. The lowest BCUT2D eigenvalue weighted by Gasteiger charge is -2.36. The van der Waals surface area contributed by atoms with Crippen LogP contribution in [0.4, 0.5) is 21.5 Å². The van der Waals surface area contributed by atoms with Crippen molar-refractivity contribution in [2.24, 2.45) is 0 Å². The Bertz CT molecular complexity index is 1070. The van der Waals surface area contributed by atoms with Crippen LogP contribution in [-0.2, 0) is 14.8 Å². The summed E-state index contributed by atoms with van der Waals surface area (Å²) in [4.78, 5) is 27.7. The number of amides is 1. The zero-order chi connectivity index (χ0) is 22.6. The van der Waals surface area contributed by atoms with Crippen LogP contribution in [0.25, 0.3) is 0 Å². The number of hydrogen-bond acceptors (Lipinski definition) is 6.